The highest BCUT2D eigenvalue weighted by atomic mass is 19.4. The summed E-state index contributed by atoms with van der Waals surface area (Å²) in [6.45, 7) is 7.78. The lowest BCUT2D eigenvalue weighted by atomic mass is 9.78. The van der Waals surface area contributed by atoms with Crippen LogP contribution in [0.2, 0.25) is 0 Å². The number of phenolic OH excluding ortho intramolecular Hbond substituents is 1. The SMILES string of the molecule is CC1(C)C[C@H](Nc2ncc(-c3ccc(-c4ncco4)cc3O)nn2)[C@H](F)C(C)(C)N1.O=C(O)C(F)(F)F. The van der Waals surface area contributed by atoms with Crippen molar-refractivity contribution < 1.29 is 37.0 Å². The van der Waals surface area contributed by atoms with E-state index in [1.54, 1.807) is 18.2 Å². The predicted molar refractivity (Wildman–Crippen MR) is 124 cm³/mol. The van der Waals surface area contributed by atoms with E-state index in [1.807, 2.05) is 27.7 Å². The molecule has 0 unspecified atom stereocenters. The molecule has 1 aromatic carbocycles. The maximum atomic E-state index is 15.0. The topological polar surface area (TPSA) is 146 Å². The number of rotatable bonds is 4. The van der Waals surface area contributed by atoms with Crippen LogP contribution in [0.15, 0.2) is 41.3 Å². The zero-order chi connectivity index (χ0) is 27.6. The zero-order valence-corrected chi connectivity index (χ0v) is 20.3. The molecule has 0 amide bonds. The third kappa shape index (κ3) is 6.90. The van der Waals surface area contributed by atoms with E-state index in [9.17, 15) is 22.7 Å². The number of carboxylic acid groups (broad SMARTS) is 1. The van der Waals surface area contributed by atoms with Crippen LogP contribution in [0.25, 0.3) is 22.7 Å². The van der Waals surface area contributed by atoms with Gasteiger partial charge in [0.15, 0.2) is 0 Å². The smallest absolute Gasteiger partial charge is 0.490 e. The van der Waals surface area contributed by atoms with E-state index in [-0.39, 0.29) is 17.2 Å². The number of phenols is 1. The average Bonchev–Trinajstić information content (AvgIpc) is 3.32. The molecule has 0 spiro atoms. The monoisotopic (exact) mass is 526 g/mol. The number of anilines is 1. The van der Waals surface area contributed by atoms with Crippen LogP contribution in [-0.2, 0) is 4.79 Å². The Morgan fingerprint density at radius 1 is 1.19 bits per heavy atom. The summed E-state index contributed by atoms with van der Waals surface area (Å²) in [6, 6.07) is 4.56. The summed E-state index contributed by atoms with van der Waals surface area (Å²) in [7, 11) is 0. The molecular weight excluding hydrogens is 500 g/mol. The van der Waals surface area contributed by atoms with Gasteiger partial charge in [-0.05, 0) is 52.3 Å². The summed E-state index contributed by atoms with van der Waals surface area (Å²) in [5.41, 5.74) is 0.617. The van der Waals surface area contributed by atoms with Crippen molar-refractivity contribution in [1.82, 2.24) is 25.5 Å². The number of aliphatic carboxylic acids is 1. The van der Waals surface area contributed by atoms with Gasteiger partial charge in [-0.25, -0.2) is 19.2 Å². The second-order valence-corrected chi connectivity index (χ2v) is 9.63. The molecule has 0 bridgehead atoms. The van der Waals surface area contributed by atoms with Crippen molar-refractivity contribution >= 4 is 11.9 Å². The molecule has 0 aliphatic carbocycles. The number of aromatic nitrogens is 4. The first kappa shape index (κ1) is 27.8. The minimum absolute atomic E-state index is 0.00758. The number of alkyl halides is 4. The van der Waals surface area contributed by atoms with Gasteiger partial charge in [-0.1, -0.05) is 0 Å². The van der Waals surface area contributed by atoms with E-state index >= 15 is 0 Å². The Morgan fingerprint density at radius 3 is 2.38 bits per heavy atom. The molecular formula is C23H26F4N6O4. The van der Waals surface area contributed by atoms with Gasteiger partial charge in [0.05, 0.1) is 18.4 Å². The number of aromatic hydroxyl groups is 1. The van der Waals surface area contributed by atoms with E-state index in [1.165, 1.54) is 18.7 Å². The normalized spacial score (nSPS) is 20.4. The molecule has 0 saturated carbocycles. The Labute approximate surface area is 209 Å². The lowest BCUT2D eigenvalue weighted by Crippen LogP contribution is -2.67. The molecule has 10 nitrogen and oxygen atoms in total. The van der Waals surface area contributed by atoms with Gasteiger partial charge in [-0.2, -0.15) is 13.2 Å². The molecule has 2 aromatic heterocycles. The number of hydrogen-bond donors (Lipinski definition) is 4. The van der Waals surface area contributed by atoms with Gasteiger partial charge < -0.3 is 25.3 Å². The lowest BCUT2D eigenvalue weighted by molar-refractivity contribution is -0.192. The van der Waals surface area contributed by atoms with Crippen LogP contribution in [0.5, 0.6) is 5.75 Å². The first-order chi connectivity index (χ1) is 17.1. The number of carbonyl (C=O) groups is 1. The third-order valence-corrected chi connectivity index (χ3v) is 5.51. The van der Waals surface area contributed by atoms with Gasteiger partial charge >= 0.3 is 12.1 Å². The quantitative estimate of drug-likeness (QED) is 0.365. The maximum absolute atomic E-state index is 15.0. The minimum Gasteiger partial charge on any atom is -0.507 e. The molecule has 2 atom stereocenters. The number of piperidine rings is 1. The Bertz CT molecular complexity index is 1220. The fraction of sp³-hybridized carbons (Fsp3) is 0.435. The van der Waals surface area contributed by atoms with E-state index in [0.29, 0.717) is 29.1 Å². The van der Waals surface area contributed by atoms with Gasteiger partial charge in [-0.15, -0.1) is 10.2 Å². The van der Waals surface area contributed by atoms with Crippen molar-refractivity contribution in [1.29, 1.82) is 0 Å². The molecule has 1 fully saturated rings. The van der Waals surface area contributed by atoms with Crippen molar-refractivity contribution in [3.8, 4) is 28.5 Å². The van der Waals surface area contributed by atoms with Crippen LogP contribution < -0.4 is 10.6 Å². The van der Waals surface area contributed by atoms with Gasteiger partial charge in [0.2, 0.25) is 11.8 Å². The maximum Gasteiger partial charge on any atom is 0.490 e. The van der Waals surface area contributed by atoms with Crippen LogP contribution in [0.3, 0.4) is 0 Å². The summed E-state index contributed by atoms with van der Waals surface area (Å²) in [6.07, 6.45) is -1.13. The first-order valence-corrected chi connectivity index (χ1v) is 11.0. The highest BCUT2D eigenvalue weighted by molar-refractivity contribution is 5.73. The number of nitrogens with zero attached hydrogens (tertiary/aromatic N) is 4. The zero-order valence-electron chi connectivity index (χ0n) is 20.3. The number of nitrogens with one attached hydrogen (secondary N) is 2. The lowest BCUT2D eigenvalue weighted by Gasteiger charge is -2.48. The molecule has 0 radical (unpaired) electrons. The Morgan fingerprint density at radius 2 is 1.86 bits per heavy atom. The molecule has 4 N–H and O–H groups in total. The van der Waals surface area contributed by atoms with E-state index in [0.717, 1.165) is 0 Å². The summed E-state index contributed by atoms with van der Waals surface area (Å²) in [5.74, 6) is -2.09. The van der Waals surface area contributed by atoms with Gasteiger partial charge in [-0.3, -0.25) is 0 Å². The van der Waals surface area contributed by atoms with E-state index < -0.39 is 29.9 Å². The number of benzene rings is 1. The highest BCUT2D eigenvalue weighted by Crippen LogP contribution is 2.34. The van der Waals surface area contributed by atoms with Crippen LogP contribution in [0.4, 0.5) is 23.5 Å². The summed E-state index contributed by atoms with van der Waals surface area (Å²) < 4.78 is 51.9. The molecule has 1 aliphatic rings. The predicted octanol–water partition coefficient (Wildman–Crippen LogP) is 4.20. The van der Waals surface area contributed by atoms with Gasteiger partial charge in [0.1, 0.15) is 23.9 Å². The standard InChI is InChI=1S/C21H25FN6O2.C2HF3O2/c1-20(2)10-14(17(22)21(3,4)28-20)25-19-24-11-15(26-27-19)13-6-5-12(9-16(13)29)18-23-7-8-30-18;3-2(4,5)1(6)7/h5-9,11,14,17,28-29H,10H2,1-4H3,(H,24,25,27);(H,6,7)/t14-,17-;/m0./s1. The summed E-state index contributed by atoms with van der Waals surface area (Å²) in [4.78, 5) is 17.2. The van der Waals surface area contributed by atoms with Crippen molar-refractivity contribution in [2.75, 3.05) is 5.32 Å². The third-order valence-electron chi connectivity index (χ3n) is 5.51. The van der Waals surface area contributed by atoms with Crippen molar-refractivity contribution in [2.45, 2.75) is 63.6 Å². The summed E-state index contributed by atoms with van der Waals surface area (Å²) >= 11 is 0. The van der Waals surface area contributed by atoms with Crippen LogP contribution >= 0.6 is 0 Å². The first-order valence-electron chi connectivity index (χ1n) is 11.0. The molecule has 14 heteroatoms. The van der Waals surface area contributed by atoms with Crippen LogP contribution in [0.1, 0.15) is 34.1 Å². The Kier molecular flexibility index (Phi) is 7.72. The minimum atomic E-state index is -5.08. The van der Waals surface area contributed by atoms with Crippen molar-refractivity contribution in [2.24, 2.45) is 0 Å². The fourth-order valence-electron chi connectivity index (χ4n) is 4.15. The number of carboxylic acids is 1. The Hall–Kier alpha value is -3.81. The van der Waals surface area contributed by atoms with Gasteiger partial charge in [0.25, 0.3) is 0 Å². The molecule has 3 heterocycles. The number of oxazole rings is 1. The largest absolute Gasteiger partial charge is 0.507 e. The van der Waals surface area contributed by atoms with Crippen molar-refractivity contribution in [3.05, 3.63) is 36.9 Å². The number of halogens is 4. The second-order valence-electron chi connectivity index (χ2n) is 9.63. The average molecular weight is 526 g/mol. The molecule has 200 valence electrons. The Balaban J connectivity index is 0.000000479. The molecule has 4 rings (SSSR count). The van der Waals surface area contributed by atoms with Crippen LogP contribution in [-0.4, -0.2) is 65.8 Å². The number of hydrogen-bond acceptors (Lipinski definition) is 9. The molecule has 37 heavy (non-hydrogen) atoms. The van der Waals surface area contributed by atoms with Gasteiger partial charge in [0, 0.05) is 22.2 Å². The molecule has 1 aliphatic heterocycles. The fourth-order valence-corrected chi connectivity index (χ4v) is 4.15. The highest BCUT2D eigenvalue weighted by Gasteiger charge is 2.46. The second kappa shape index (κ2) is 10.3. The van der Waals surface area contributed by atoms with Crippen LogP contribution in [0, 0.1) is 0 Å². The molecule has 1 saturated heterocycles. The summed E-state index contributed by atoms with van der Waals surface area (Å²) in [5, 5.41) is 32.2. The van der Waals surface area contributed by atoms with E-state index in [4.69, 9.17) is 14.3 Å². The van der Waals surface area contributed by atoms with E-state index in [2.05, 4.69) is 30.8 Å². The van der Waals surface area contributed by atoms with Crippen molar-refractivity contribution in [3.63, 3.8) is 0 Å². The molecule has 3 aromatic rings.